The number of halogens is 1. The molecule has 2 atom stereocenters. The SMILES string of the molecule is CC1CCCC(C)N1C(=O)COC(=O)c1ccc(Br)c(S(=O)(=O)N2CCOCC2)c1. The Bertz CT molecular complexity index is 891. The number of hydrogen-bond acceptors (Lipinski definition) is 6. The Hall–Kier alpha value is -1.49. The Morgan fingerprint density at radius 1 is 1.17 bits per heavy atom. The summed E-state index contributed by atoms with van der Waals surface area (Å²) in [7, 11) is -3.79. The van der Waals surface area contributed by atoms with Gasteiger partial charge in [-0.3, -0.25) is 4.79 Å². The van der Waals surface area contributed by atoms with Crippen LogP contribution in [0.3, 0.4) is 0 Å². The molecule has 1 amide bonds. The predicted molar refractivity (Wildman–Crippen MR) is 114 cm³/mol. The van der Waals surface area contributed by atoms with E-state index >= 15 is 0 Å². The molecule has 30 heavy (non-hydrogen) atoms. The number of likely N-dealkylation sites (tertiary alicyclic amines) is 1. The second kappa shape index (κ2) is 9.76. The summed E-state index contributed by atoms with van der Waals surface area (Å²) in [6, 6.07) is 4.48. The first-order valence-corrected chi connectivity index (χ1v) is 12.3. The lowest BCUT2D eigenvalue weighted by Crippen LogP contribution is -2.49. The molecule has 1 aromatic rings. The van der Waals surface area contributed by atoms with Crippen molar-refractivity contribution in [2.24, 2.45) is 0 Å². The summed E-state index contributed by atoms with van der Waals surface area (Å²) >= 11 is 3.26. The molecule has 8 nitrogen and oxygen atoms in total. The van der Waals surface area contributed by atoms with E-state index in [2.05, 4.69) is 15.9 Å². The molecule has 2 aliphatic rings. The summed E-state index contributed by atoms with van der Waals surface area (Å²) in [6.45, 7) is 4.78. The Kier molecular flexibility index (Phi) is 7.54. The highest BCUT2D eigenvalue weighted by Gasteiger charge is 2.31. The topological polar surface area (TPSA) is 93.2 Å². The van der Waals surface area contributed by atoms with Crippen LogP contribution in [0.25, 0.3) is 0 Å². The van der Waals surface area contributed by atoms with Crippen LogP contribution in [0.5, 0.6) is 0 Å². The van der Waals surface area contributed by atoms with Crippen LogP contribution in [0.4, 0.5) is 0 Å². The van der Waals surface area contributed by atoms with E-state index in [9.17, 15) is 18.0 Å². The smallest absolute Gasteiger partial charge is 0.338 e. The van der Waals surface area contributed by atoms with Crippen LogP contribution >= 0.6 is 15.9 Å². The molecule has 10 heteroatoms. The molecule has 0 radical (unpaired) electrons. The van der Waals surface area contributed by atoms with Gasteiger partial charge in [0.2, 0.25) is 10.0 Å². The molecule has 0 bridgehead atoms. The highest BCUT2D eigenvalue weighted by molar-refractivity contribution is 9.10. The maximum absolute atomic E-state index is 13.0. The van der Waals surface area contributed by atoms with Crippen molar-refractivity contribution in [3.05, 3.63) is 28.2 Å². The molecule has 0 aliphatic carbocycles. The minimum Gasteiger partial charge on any atom is -0.452 e. The van der Waals surface area contributed by atoms with E-state index < -0.39 is 16.0 Å². The van der Waals surface area contributed by atoms with Crippen molar-refractivity contribution >= 4 is 37.8 Å². The van der Waals surface area contributed by atoms with Gasteiger partial charge in [-0.1, -0.05) is 0 Å². The van der Waals surface area contributed by atoms with Gasteiger partial charge in [-0.2, -0.15) is 4.31 Å². The van der Waals surface area contributed by atoms with E-state index in [1.807, 2.05) is 13.8 Å². The fourth-order valence-electron chi connectivity index (χ4n) is 3.95. The average Bonchev–Trinajstić information content (AvgIpc) is 2.72. The molecule has 2 fully saturated rings. The van der Waals surface area contributed by atoms with Crippen LogP contribution in [0.15, 0.2) is 27.6 Å². The lowest BCUT2D eigenvalue weighted by molar-refractivity contribution is -0.140. The highest BCUT2D eigenvalue weighted by atomic mass is 79.9. The number of hydrogen-bond donors (Lipinski definition) is 0. The second-order valence-electron chi connectivity index (χ2n) is 7.67. The van der Waals surface area contributed by atoms with Gasteiger partial charge in [-0.25, -0.2) is 13.2 Å². The van der Waals surface area contributed by atoms with E-state index in [1.54, 1.807) is 4.90 Å². The maximum Gasteiger partial charge on any atom is 0.338 e. The first kappa shape index (κ1) is 23.2. The fraction of sp³-hybridized carbons (Fsp3) is 0.600. The molecular formula is C20H27BrN2O6S. The van der Waals surface area contributed by atoms with Crippen LogP contribution in [-0.4, -0.2) is 74.5 Å². The summed E-state index contributed by atoms with van der Waals surface area (Å²) in [5, 5.41) is 0. The minimum absolute atomic E-state index is 0.0107. The maximum atomic E-state index is 13.0. The molecule has 166 valence electrons. The summed E-state index contributed by atoms with van der Waals surface area (Å²) in [4.78, 5) is 26.9. The number of rotatable bonds is 5. The van der Waals surface area contributed by atoms with Crippen molar-refractivity contribution in [2.45, 2.75) is 50.1 Å². The lowest BCUT2D eigenvalue weighted by atomic mass is 9.97. The van der Waals surface area contributed by atoms with Crippen molar-refractivity contribution in [3.8, 4) is 0 Å². The number of piperidine rings is 1. The number of amides is 1. The van der Waals surface area contributed by atoms with Gasteiger partial charge in [0.25, 0.3) is 5.91 Å². The Morgan fingerprint density at radius 3 is 2.43 bits per heavy atom. The number of sulfonamides is 1. The molecule has 0 saturated carbocycles. The Balaban J connectivity index is 1.71. The zero-order valence-corrected chi connectivity index (χ0v) is 19.6. The number of carbonyl (C=O) groups excluding carboxylic acids is 2. The van der Waals surface area contributed by atoms with Crippen molar-refractivity contribution < 1.29 is 27.5 Å². The van der Waals surface area contributed by atoms with Crippen LogP contribution in [0.1, 0.15) is 43.5 Å². The molecule has 2 heterocycles. The van der Waals surface area contributed by atoms with Crippen molar-refractivity contribution in [3.63, 3.8) is 0 Å². The molecule has 2 aliphatic heterocycles. The standard InChI is InChI=1S/C20H27BrN2O6S/c1-14-4-3-5-15(2)23(14)19(24)13-29-20(25)16-6-7-17(21)18(12-16)30(26,27)22-8-10-28-11-9-22/h6-7,12,14-15H,3-5,8-11,13H2,1-2H3. The molecular weight excluding hydrogens is 476 g/mol. The van der Waals surface area contributed by atoms with E-state index in [-0.39, 0.29) is 48.1 Å². The van der Waals surface area contributed by atoms with Gasteiger partial charge >= 0.3 is 5.97 Å². The molecule has 3 rings (SSSR count). The molecule has 2 saturated heterocycles. The zero-order chi connectivity index (χ0) is 21.9. The van der Waals surface area contributed by atoms with Gasteiger partial charge in [0, 0.05) is 29.6 Å². The second-order valence-corrected chi connectivity index (χ2v) is 10.4. The summed E-state index contributed by atoms with van der Waals surface area (Å²) < 4.78 is 38.0. The van der Waals surface area contributed by atoms with Gasteiger partial charge in [0.05, 0.1) is 23.7 Å². The van der Waals surface area contributed by atoms with Crippen molar-refractivity contribution in [2.75, 3.05) is 32.9 Å². The number of morpholine rings is 1. The number of ether oxygens (including phenoxy) is 2. The largest absolute Gasteiger partial charge is 0.452 e. The molecule has 2 unspecified atom stereocenters. The van der Waals surface area contributed by atoms with Gasteiger partial charge in [0.1, 0.15) is 0 Å². The number of nitrogens with zero attached hydrogens (tertiary/aromatic N) is 2. The highest BCUT2D eigenvalue weighted by Crippen LogP contribution is 2.27. The zero-order valence-electron chi connectivity index (χ0n) is 17.2. The lowest BCUT2D eigenvalue weighted by Gasteiger charge is -2.38. The Morgan fingerprint density at radius 2 is 1.80 bits per heavy atom. The normalized spacial score (nSPS) is 23.2. The van der Waals surface area contributed by atoms with E-state index in [0.29, 0.717) is 17.7 Å². The first-order valence-electron chi connectivity index (χ1n) is 10.1. The third-order valence-corrected chi connectivity index (χ3v) is 8.46. The third kappa shape index (κ3) is 5.04. The molecule has 1 aromatic carbocycles. The van der Waals surface area contributed by atoms with E-state index in [1.165, 1.54) is 22.5 Å². The summed E-state index contributed by atoms with van der Waals surface area (Å²) in [6.07, 6.45) is 2.93. The quantitative estimate of drug-likeness (QED) is 0.574. The monoisotopic (exact) mass is 502 g/mol. The third-order valence-electron chi connectivity index (χ3n) is 5.56. The fourth-order valence-corrected chi connectivity index (χ4v) is 6.31. The van der Waals surface area contributed by atoms with Crippen LogP contribution in [-0.2, 0) is 24.3 Å². The summed E-state index contributed by atoms with van der Waals surface area (Å²) in [5.74, 6) is -0.965. The first-order chi connectivity index (χ1) is 14.2. The van der Waals surface area contributed by atoms with Gasteiger partial charge in [-0.15, -0.1) is 0 Å². The van der Waals surface area contributed by atoms with Gasteiger partial charge < -0.3 is 14.4 Å². The number of benzene rings is 1. The van der Waals surface area contributed by atoms with Crippen molar-refractivity contribution in [1.82, 2.24) is 9.21 Å². The molecule has 0 N–H and O–H groups in total. The van der Waals surface area contributed by atoms with Gasteiger partial charge in [0.15, 0.2) is 6.61 Å². The Labute approximate surface area is 185 Å². The molecule has 0 spiro atoms. The van der Waals surface area contributed by atoms with Crippen LogP contribution in [0.2, 0.25) is 0 Å². The predicted octanol–water partition coefficient (Wildman–Crippen LogP) is 2.42. The number of carbonyl (C=O) groups is 2. The van der Waals surface area contributed by atoms with Crippen molar-refractivity contribution in [1.29, 1.82) is 0 Å². The summed E-state index contributed by atoms with van der Waals surface area (Å²) in [5.41, 5.74) is 0.0811. The number of esters is 1. The van der Waals surface area contributed by atoms with Crippen LogP contribution < -0.4 is 0 Å². The average molecular weight is 503 g/mol. The van der Waals surface area contributed by atoms with Crippen LogP contribution in [0, 0.1) is 0 Å². The molecule has 0 aromatic heterocycles. The van der Waals surface area contributed by atoms with E-state index in [4.69, 9.17) is 9.47 Å². The van der Waals surface area contributed by atoms with E-state index in [0.717, 1.165) is 19.3 Å². The minimum atomic E-state index is -3.79. The van der Waals surface area contributed by atoms with Gasteiger partial charge in [-0.05, 0) is 67.2 Å².